The van der Waals surface area contributed by atoms with E-state index in [2.05, 4.69) is 5.16 Å². The molecule has 0 spiro atoms. The molecule has 3 rings (SSSR count). The molecule has 0 aliphatic heterocycles. The summed E-state index contributed by atoms with van der Waals surface area (Å²) in [5, 5.41) is 4.60. The Morgan fingerprint density at radius 3 is 2.68 bits per heavy atom. The van der Waals surface area contributed by atoms with E-state index in [0.717, 1.165) is 5.56 Å². The highest BCUT2D eigenvalue weighted by Crippen LogP contribution is 2.40. The van der Waals surface area contributed by atoms with E-state index < -0.39 is 0 Å². The average Bonchev–Trinajstić information content (AvgIpc) is 2.95. The molecule has 3 aromatic rings. The van der Waals surface area contributed by atoms with Crippen molar-refractivity contribution in [2.24, 2.45) is 0 Å². The van der Waals surface area contributed by atoms with Crippen molar-refractivity contribution < 1.29 is 8.94 Å². The lowest BCUT2D eigenvalue weighted by molar-refractivity contribution is 0.435. The molecule has 0 saturated heterocycles. The Labute approximate surface area is 118 Å². The van der Waals surface area contributed by atoms with Gasteiger partial charge in [0, 0.05) is 5.02 Å². The van der Waals surface area contributed by atoms with Crippen LogP contribution in [0.5, 0.6) is 0 Å². The van der Waals surface area contributed by atoms with E-state index in [4.69, 9.17) is 37.9 Å². The Morgan fingerprint density at radius 1 is 1.16 bits per heavy atom. The van der Waals surface area contributed by atoms with E-state index in [1.807, 2.05) is 12.1 Å². The van der Waals surface area contributed by atoms with E-state index >= 15 is 0 Å². The number of nitrogens with zero attached hydrogens (tertiary/aromatic N) is 1. The average molecular weight is 295 g/mol. The van der Waals surface area contributed by atoms with Crippen molar-refractivity contribution in [3.8, 4) is 22.5 Å². The number of nitrogens with two attached hydrogens (primary N) is 1. The van der Waals surface area contributed by atoms with Gasteiger partial charge in [0.25, 0.3) is 0 Å². The minimum Gasteiger partial charge on any atom is -0.452 e. The summed E-state index contributed by atoms with van der Waals surface area (Å²) in [6.45, 7) is 0. The fourth-order valence-electron chi connectivity index (χ4n) is 1.86. The maximum absolute atomic E-state index is 5.99. The minimum absolute atomic E-state index is 0.222. The van der Waals surface area contributed by atoms with Crippen molar-refractivity contribution in [3.05, 3.63) is 46.8 Å². The summed E-state index contributed by atoms with van der Waals surface area (Å²) in [5.74, 6) is 0.730. The Hall–Kier alpha value is -1.91. The summed E-state index contributed by atoms with van der Waals surface area (Å²) in [6.07, 6.45) is 1.47. The lowest BCUT2D eigenvalue weighted by Gasteiger charge is -2.02. The number of aromatic nitrogens is 1. The van der Waals surface area contributed by atoms with E-state index in [1.54, 1.807) is 18.2 Å². The van der Waals surface area contributed by atoms with Crippen LogP contribution < -0.4 is 5.73 Å². The molecule has 0 aliphatic carbocycles. The molecule has 0 atom stereocenters. The second-order valence-corrected chi connectivity index (χ2v) is 4.67. The Kier molecular flexibility index (Phi) is 2.97. The van der Waals surface area contributed by atoms with Crippen molar-refractivity contribution in [1.82, 2.24) is 5.16 Å². The third-order valence-electron chi connectivity index (χ3n) is 2.69. The SMILES string of the molecule is Nc1noc(-c2ccoc2Cl)c1-c1cccc(Cl)c1. The van der Waals surface area contributed by atoms with Gasteiger partial charge in [-0.15, -0.1) is 0 Å². The van der Waals surface area contributed by atoms with Gasteiger partial charge in [-0.25, -0.2) is 0 Å². The van der Waals surface area contributed by atoms with E-state index in [-0.39, 0.29) is 11.0 Å². The van der Waals surface area contributed by atoms with Gasteiger partial charge in [-0.05, 0) is 35.4 Å². The van der Waals surface area contributed by atoms with Gasteiger partial charge in [0.2, 0.25) is 5.22 Å². The third kappa shape index (κ3) is 2.09. The Bertz CT molecular complexity index is 734. The second kappa shape index (κ2) is 4.64. The van der Waals surface area contributed by atoms with Crippen LogP contribution >= 0.6 is 23.2 Å². The number of benzene rings is 1. The molecule has 0 bridgehead atoms. The van der Waals surface area contributed by atoms with Crippen LogP contribution in [0.1, 0.15) is 0 Å². The smallest absolute Gasteiger partial charge is 0.204 e. The van der Waals surface area contributed by atoms with Crippen molar-refractivity contribution in [1.29, 1.82) is 0 Å². The first-order valence-electron chi connectivity index (χ1n) is 5.41. The summed E-state index contributed by atoms with van der Waals surface area (Å²) in [7, 11) is 0. The van der Waals surface area contributed by atoms with Crippen LogP contribution in [0, 0.1) is 0 Å². The highest BCUT2D eigenvalue weighted by atomic mass is 35.5. The van der Waals surface area contributed by atoms with Crippen molar-refractivity contribution >= 4 is 29.0 Å². The first-order valence-corrected chi connectivity index (χ1v) is 6.17. The van der Waals surface area contributed by atoms with Gasteiger partial charge in [0.05, 0.1) is 17.4 Å². The number of nitrogen functional groups attached to an aromatic ring is 1. The van der Waals surface area contributed by atoms with Crippen LogP contribution in [-0.4, -0.2) is 5.16 Å². The van der Waals surface area contributed by atoms with Gasteiger partial charge >= 0.3 is 0 Å². The fraction of sp³-hybridized carbons (Fsp3) is 0. The van der Waals surface area contributed by atoms with Crippen molar-refractivity contribution in [2.45, 2.75) is 0 Å². The van der Waals surface area contributed by atoms with Gasteiger partial charge in [-0.2, -0.15) is 0 Å². The van der Waals surface area contributed by atoms with Crippen LogP contribution in [-0.2, 0) is 0 Å². The number of furan rings is 1. The molecule has 2 N–H and O–H groups in total. The van der Waals surface area contributed by atoms with Crippen molar-refractivity contribution in [2.75, 3.05) is 5.73 Å². The molecule has 0 fully saturated rings. The maximum Gasteiger partial charge on any atom is 0.204 e. The molecule has 4 nitrogen and oxygen atoms in total. The zero-order chi connectivity index (χ0) is 13.4. The van der Waals surface area contributed by atoms with Gasteiger partial charge in [-0.3, -0.25) is 0 Å². The fourth-order valence-corrected chi connectivity index (χ4v) is 2.26. The zero-order valence-corrected chi connectivity index (χ0v) is 11.1. The van der Waals surface area contributed by atoms with Crippen LogP contribution in [0.15, 0.2) is 45.5 Å². The van der Waals surface area contributed by atoms with Gasteiger partial charge in [-0.1, -0.05) is 28.9 Å². The summed E-state index contributed by atoms with van der Waals surface area (Å²) >= 11 is 11.9. The summed E-state index contributed by atoms with van der Waals surface area (Å²) in [4.78, 5) is 0. The first-order chi connectivity index (χ1) is 9.16. The molecular formula is C13H8Cl2N2O2. The topological polar surface area (TPSA) is 65.2 Å². The number of halogens is 2. The molecule has 0 aliphatic rings. The molecule has 1 aromatic carbocycles. The molecule has 2 aromatic heterocycles. The van der Waals surface area contributed by atoms with E-state index in [0.29, 0.717) is 21.9 Å². The van der Waals surface area contributed by atoms with Crippen LogP contribution in [0.25, 0.3) is 22.5 Å². The van der Waals surface area contributed by atoms with Gasteiger partial charge < -0.3 is 14.7 Å². The van der Waals surface area contributed by atoms with Crippen LogP contribution in [0.2, 0.25) is 10.2 Å². The highest BCUT2D eigenvalue weighted by Gasteiger charge is 2.21. The number of anilines is 1. The molecule has 2 heterocycles. The van der Waals surface area contributed by atoms with Crippen molar-refractivity contribution in [3.63, 3.8) is 0 Å². The van der Waals surface area contributed by atoms with Gasteiger partial charge in [0.15, 0.2) is 11.6 Å². The Morgan fingerprint density at radius 2 is 2.00 bits per heavy atom. The number of hydrogen-bond acceptors (Lipinski definition) is 4. The van der Waals surface area contributed by atoms with Crippen LogP contribution in [0.4, 0.5) is 5.82 Å². The number of hydrogen-bond donors (Lipinski definition) is 1. The van der Waals surface area contributed by atoms with Gasteiger partial charge in [0.1, 0.15) is 0 Å². The molecule has 96 valence electrons. The largest absolute Gasteiger partial charge is 0.452 e. The first kappa shape index (κ1) is 12.1. The zero-order valence-electron chi connectivity index (χ0n) is 9.56. The Balaban J connectivity index is 2.22. The lowest BCUT2D eigenvalue weighted by atomic mass is 10.0. The molecule has 0 saturated carbocycles. The van der Waals surface area contributed by atoms with Crippen LogP contribution in [0.3, 0.4) is 0 Å². The van der Waals surface area contributed by atoms with E-state index in [9.17, 15) is 0 Å². The standard InChI is InChI=1S/C13H8Cl2N2O2/c14-8-3-1-2-7(6-8)10-11(19-17-13(10)16)9-4-5-18-12(9)15/h1-6H,(H2,16,17). The predicted octanol–water partition coefficient (Wildman–Crippen LogP) is 4.49. The third-order valence-corrected chi connectivity index (χ3v) is 3.22. The molecule has 0 radical (unpaired) electrons. The summed E-state index contributed by atoms with van der Waals surface area (Å²) in [6, 6.07) is 8.94. The monoisotopic (exact) mass is 294 g/mol. The quantitative estimate of drug-likeness (QED) is 0.756. The highest BCUT2D eigenvalue weighted by molar-refractivity contribution is 6.32. The molecular weight excluding hydrogens is 287 g/mol. The molecule has 19 heavy (non-hydrogen) atoms. The predicted molar refractivity (Wildman–Crippen MR) is 74.1 cm³/mol. The molecule has 0 amide bonds. The summed E-state index contributed by atoms with van der Waals surface area (Å²) < 4.78 is 10.3. The lowest BCUT2D eigenvalue weighted by Crippen LogP contribution is -1.88. The number of rotatable bonds is 2. The minimum atomic E-state index is 0.222. The second-order valence-electron chi connectivity index (χ2n) is 3.89. The molecule has 0 unspecified atom stereocenters. The molecule has 6 heteroatoms. The normalized spacial score (nSPS) is 10.8. The maximum atomic E-state index is 5.99. The van der Waals surface area contributed by atoms with E-state index in [1.165, 1.54) is 6.26 Å². The summed E-state index contributed by atoms with van der Waals surface area (Å²) in [5.41, 5.74) is 7.90.